The smallest absolute Gasteiger partial charge is 0.240 e. The first-order chi connectivity index (χ1) is 11.2. The average molecular weight is 313 g/mol. The van der Waals surface area contributed by atoms with Crippen molar-refractivity contribution < 1.29 is 4.52 Å². The number of aromatic nitrogens is 3. The van der Waals surface area contributed by atoms with E-state index in [1.54, 1.807) is 0 Å². The minimum atomic E-state index is 0.316. The first-order valence-electron chi connectivity index (χ1n) is 8.39. The molecule has 0 amide bonds. The van der Waals surface area contributed by atoms with Gasteiger partial charge in [0, 0.05) is 43.8 Å². The zero-order valence-electron chi connectivity index (χ0n) is 13.7. The lowest BCUT2D eigenvalue weighted by atomic mass is 10.2. The molecular formula is C17H23N5O. The van der Waals surface area contributed by atoms with Crippen LogP contribution in [0.4, 0.5) is 0 Å². The molecule has 2 aliphatic heterocycles. The molecule has 0 saturated carbocycles. The van der Waals surface area contributed by atoms with E-state index in [0.717, 1.165) is 43.6 Å². The molecule has 6 heteroatoms. The Balaban J connectivity index is 1.35. The summed E-state index contributed by atoms with van der Waals surface area (Å²) < 4.78 is 5.39. The summed E-state index contributed by atoms with van der Waals surface area (Å²) in [5.41, 5.74) is 1.16. The van der Waals surface area contributed by atoms with Crippen molar-refractivity contribution in [1.82, 2.24) is 24.9 Å². The van der Waals surface area contributed by atoms with E-state index in [2.05, 4.69) is 50.9 Å². The maximum atomic E-state index is 5.39. The summed E-state index contributed by atoms with van der Waals surface area (Å²) in [4.78, 5) is 14.0. The topological polar surface area (TPSA) is 58.3 Å². The Bertz CT molecular complexity index is 656. The molecule has 2 aromatic heterocycles. The van der Waals surface area contributed by atoms with Crippen LogP contribution in [0.25, 0.3) is 0 Å². The summed E-state index contributed by atoms with van der Waals surface area (Å²) in [6, 6.07) is 7.35. The molecule has 2 aromatic rings. The van der Waals surface area contributed by atoms with E-state index >= 15 is 0 Å². The van der Waals surface area contributed by atoms with Gasteiger partial charge in [-0.1, -0.05) is 25.1 Å². The van der Waals surface area contributed by atoms with Crippen LogP contribution < -0.4 is 0 Å². The fourth-order valence-electron chi connectivity index (χ4n) is 3.66. The molecule has 0 aromatic carbocycles. The number of rotatable bonds is 5. The van der Waals surface area contributed by atoms with Crippen LogP contribution in [-0.4, -0.2) is 50.1 Å². The van der Waals surface area contributed by atoms with Crippen molar-refractivity contribution in [2.75, 3.05) is 13.1 Å². The average Bonchev–Trinajstić information content (AvgIpc) is 3.24. The molecule has 6 nitrogen and oxygen atoms in total. The minimum Gasteiger partial charge on any atom is -0.338 e. The second-order valence-electron chi connectivity index (χ2n) is 6.92. The summed E-state index contributed by atoms with van der Waals surface area (Å²) in [5, 5.41) is 4.06. The lowest BCUT2D eigenvalue weighted by Gasteiger charge is -2.33. The number of pyridine rings is 1. The highest BCUT2D eigenvalue weighted by molar-refractivity contribution is 5.07. The van der Waals surface area contributed by atoms with Crippen LogP contribution in [0.1, 0.15) is 43.6 Å². The van der Waals surface area contributed by atoms with E-state index in [9.17, 15) is 0 Å². The maximum Gasteiger partial charge on any atom is 0.240 e. The van der Waals surface area contributed by atoms with Gasteiger partial charge in [-0.15, -0.1) is 0 Å². The Labute approximate surface area is 136 Å². The van der Waals surface area contributed by atoms with E-state index in [-0.39, 0.29) is 0 Å². The normalized spacial score (nSPS) is 24.8. The number of likely N-dealkylation sites (tertiary alicyclic amines) is 2. The first-order valence-corrected chi connectivity index (χ1v) is 8.39. The van der Waals surface area contributed by atoms with E-state index < -0.39 is 0 Å². The van der Waals surface area contributed by atoms with Crippen LogP contribution >= 0.6 is 0 Å². The number of fused-ring (bicyclic) bond motifs is 2. The van der Waals surface area contributed by atoms with Crippen LogP contribution in [-0.2, 0) is 13.1 Å². The minimum absolute atomic E-state index is 0.316. The molecule has 2 atom stereocenters. The van der Waals surface area contributed by atoms with Gasteiger partial charge in [0.25, 0.3) is 0 Å². The zero-order valence-corrected chi connectivity index (χ0v) is 13.7. The Morgan fingerprint density at radius 3 is 2.57 bits per heavy atom. The van der Waals surface area contributed by atoms with Crippen LogP contribution in [0.5, 0.6) is 0 Å². The molecule has 2 saturated heterocycles. The third-order valence-corrected chi connectivity index (χ3v) is 4.90. The van der Waals surface area contributed by atoms with Gasteiger partial charge >= 0.3 is 0 Å². The van der Waals surface area contributed by atoms with Crippen molar-refractivity contribution >= 4 is 0 Å². The van der Waals surface area contributed by atoms with Gasteiger partial charge in [0.2, 0.25) is 5.89 Å². The Morgan fingerprint density at radius 2 is 1.96 bits per heavy atom. The van der Waals surface area contributed by atoms with Crippen molar-refractivity contribution in [3.63, 3.8) is 0 Å². The van der Waals surface area contributed by atoms with E-state index in [1.165, 1.54) is 6.42 Å². The van der Waals surface area contributed by atoms with Gasteiger partial charge in [0.05, 0.1) is 12.2 Å². The molecule has 0 spiro atoms. The highest BCUT2D eigenvalue weighted by atomic mass is 16.5. The maximum absolute atomic E-state index is 5.39. The summed E-state index contributed by atoms with van der Waals surface area (Å²) in [6.45, 7) is 8.08. The fraction of sp³-hybridized carbons (Fsp3) is 0.588. The van der Waals surface area contributed by atoms with Crippen LogP contribution in [0.2, 0.25) is 0 Å². The molecule has 4 rings (SSSR count). The van der Waals surface area contributed by atoms with Crippen molar-refractivity contribution in [2.45, 2.75) is 51.4 Å². The number of piperazine rings is 1. The molecule has 0 aliphatic carbocycles. The standard InChI is InChI=1S/C17H23N5O/c1-12(2)17-19-16(23-20-17)11-22-10-14-7-15(22)9-21(14)8-13-5-3-4-6-18-13/h3-6,12,14-15H,7-11H2,1-2H3. The monoisotopic (exact) mass is 313 g/mol. The summed E-state index contributed by atoms with van der Waals surface area (Å²) in [6.07, 6.45) is 3.11. The van der Waals surface area contributed by atoms with Gasteiger partial charge in [0.15, 0.2) is 5.82 Å². The van der Waals surface area contributed by atoms with Crippen LogP contribution in [0.3, 0.4) is 0 Å². The molecule has 0 radical (unpaired) electrons. The number of hydrogen-bond donors (Lipinski definition) is 0. The predicted molar refractivity (Wildman–Crippen MR) is 85.6 cm³/mol. The van der Waals surface area contributed by atoms with E-state index in [0.29, 0.717) is 18.0 Å². The van der Waals surface area contributed by atoms with Crippen molar-refractivity contribution in [1.29, 1.82) is 0 Å². The number of nitrogens with zero attached hydrogens (tertiary/aromatic N) is 5. The third kappa shape index (κ3) is 3.01. The summed E-state index contributed by atoms with van der Waals surface area (Å²) in [5.74, 6) is 1.87. The Kier molecular flexibility index (Phi) is 3.87. The fourth-order valence-corrected chi connectivity index (χ4v) is 3.66. The largest absolute Gasteiger partial charge is 0.338 e. The number of hydrogen-bond acceptors (Lipinski definition) is 6. The SMILES string of the molecule is CC(C)c1noc(CN2CC3CC2CN3Cc2ccccn2)n1. The van der Waals surface area contributed by atoms with Gasteiger partial charge in [-0.25, -0.2) is 0 Å². The first kappa shape index (κ1) is 14.8. The molecule has 0 N–H and O–H groups in total. The van der Waals surface area contributed by atoms with Crippen LogP contribution in [0, 0.1) is 0 Å². The lowest BCUT2D eigenvalue weighted by molar-refractivity contribution is 0.107. The molecule has 23 heavy (non-hydrogen) atoms. The molecule has 4 heterocycles. The van der Waals surface area contributed by atoms with Gasteiger partial charge < -0.3 is 4.52 Å². The van der Waals surface area contributed by atoms with E-state index in [1.807, 2.05) is 12.3 Å². The molecule has 2 unspecified atom stereocenters. The van der Waals surface area contributed by atoms with Gasteiger partial charge in [-0.2, -0.15) is 4.98 Å². The van der Waals surface area contributed by atoms with Crippen molar-refractivity contribution in [3.8, 4) is 0 Å². The van der Waals surface area contributed by atoms with Gasteiger partial charge in [-0.3, -0.25) is 14.8 Å². The van der Waals surface area contributed by atoms with Crippen molar-refractivity contribution in [2.24, 2.45) is 0 Å². The summed E-state index contributed by atoms with van der Waals surface area (Å²) in [7, 11) is 0. The second kappa shape index (κ2) is 6.02. The third-order valence-electron chi connectivity index (χ3n) is 4.90. The highest BCUT2D eigenvalue weighted by Gasteiger charge is 2.43. The van der Waals surface area contributed by atoms with Gasteiger partial charge in [-0.05, 0) is 18.6 Å². The van der Waals surface area contributed by atoms with Gasteiger partial charge in [0.1, 0.15) is 0 Å². The molecule has 2 bridgehead atoms. The Hall–Kier alpha value is -1.79. The molecule has 2 fully saturated rings. The lowest BCUT2D eigenvalue weighted by Crippen LogP contribution is -2.45. The van der Waals surface area contributed by atoms with E-state index in [4.69, 9.17) is 4.52 Å². The molecule has 2 aliphatic rings. The Morgan fingerprint density at radius 1 is 1.17 bits per heavy atom. The molecule has 122 valence electrons. The quantitative estimate of drug-likeness (QED) is 0.842. The molecular weight excluding hydrogens is 290 g/mol. The van der Waals surface area contributed by atoms with Crippen LogP contribution in [0.15, 0.2) is 28.9 Å². The zero-order chi connectivity index (χ0) is 15.8. The summed E-state index contributed by atoms with van der Waals surface area (Å²) >= 11 is 0. The second-order valence-corrected chi connectivity index (χ2v) is 6.92. The van der Waals surface area contributed by atoms with Crippen molar-refractivity contribution in [3.05, 3.63) is 41.8 Å². The predicted octanol–water partition coefficient (Wildman–Crippen LogP) is 2.05. The highest BCUT2D eigenvalue weighted by Crippen LogP contribution is 2.32.